The van der Waals surface area contributed by atoms with Gasteiger partial charge in [0.05, 0.1) is 0 Å². The molecule has 0 aliphatic carbocycles. The van der Waals surface area contributed by atoms with E-state index in [-0.39, 0.29) is 36.8 Å². The number of anilines is 2. The highest BCUT2D eigenvalue weighted by Crippen LogP contribution is 2.19. The standard InChI is InChI=1S/C13H18N4O2.ClH/c1-9(14)8-12(18)16-10-2-4-11(5-3-10)17-7-6-15-13(17)19;/h2-5,9H,6-8,14H2,1H3,(H,15,19)(H,16,18);1H. The molecule has 2 rings (SSSR count). The molecule has 1 aliphatic heterocycles. The van der Waals surface area contributed by atoms with Gasteiger partial charge in [-0.25, -0.2) is 4.79 Å². The molecule has 0 bridgehead atoms. The lowest BCUT2D eigenvalue weighted by Crippen LogP contribution is -2.27. The van der Waals surface area contributed by atoms with E-state index >= 15 is 0 Å². The summed E-state index contributed by atoms with van der Waals surface area (Å²) in [6.45, 7) is 3.11. The summed E-state index contributed by atoms with van der Waals surface area (Å²) >= 11 is 0. The number of halogens is 1. The molecular weight excluding hydrogens is 280 g/mol. The molecule has 6 nitrogen and oxygen atoms in total. The molecule has 20 heavy (non-hydrogen) atoms. The van der Waals surface area contributed by atoms with Crippen LogP contribution in [0.15, 0.2) is 24.3 Å². The molecule has 0 radical (unpaired) electrons. The van der Waals surface area contributed by atoms with Crippen LogP contribution in [0.1, 0.15) is 13.3 Å². The highest BCUT2D eigenvalue weighted by Gasteiger charge is 2.20. The summed E-state index contributed by atoms with van der Waals surface area (Å²) in [6, 6.07) is 6.93. The number of hydrogen-bond acceptors (Lipinski definition) is 3. The Labute approximate surface area is 124 Å². The van der Waals surface area contributed by atoms with Crippen molar-refractivity contribution in [2.45, 2.75) is 19.4 Å². The number of nitrogens with two attached hydrogens (primary N) is 1. The average molecular weight is 299 g/mol. The zero-order valence-corrected chi connectivity index (χ0v) is 12.1. The fourth-order valence-electron chi connectivity index (χ4n) is 1.95. The summed E-state index contributed by atoms with van der Waals surface area (Å²) in [6.07, 6.45) is 0.288. The minimum absolute atomic E-state index is 0. The number of carbonyl (C=O) groups is 2. The van der Waals surface area contributed by atoms with Crippen molar-refractivity contribution in [2.24, 2.45) is 5.73 Å². The van der Waals surface area contributed by atoms with Crippen molar-refractivity contribution in [3.8, 4) is 0 Å². The molecule has 1 atom stereocenters. The Balaban J connectivity index is 0.00000200. The molecule has 3 amide bonds. The summed E-state index contributed by atoms with van der Waals surface area (Å²) in [5.41, 5.74) is 7.08. The Bertz CT molecular complexity index is 476. The van der Waals surface area contributed by atoms with Gasteiger partial charge in [0, 0.05) is 36.9 Å². The predicted molar refractivity (Wildman–Crippen MR) is 81.3 cm³/mol. The molecule has 0 spiro atoms. The minimum Gasteiger partial charge on any atom is -0.336 e. The van der Waals surface area contributed by atoms with Crippen LogP contribution in [-0.4, -0.2) is 31.1 Å². The summed E-state index contributed by atoms with van der Waals surface area (Å²) in [7, 11) is 0. The van der Waals surface area contributed by atoms with E-state index in [0.29, 0.717) is 18.8 Å². The average Bonchev–Trinajstić information content (AvgIpc) is 2.75. The van der Waals surface area contributed by atoms with Crippen LogP contribution < -0.4 is 21.3 Å². The van der Waals surface area contributed by atoms with Crippen molar-refractivity contribution >= 4 is 35.7 Å². The Morgan fingerprint density at radius 1 is 1.45 bits per heavy atom. The van der Waals surface area contributed by atoms with Crippen molar-refractivity contribution in [3.05, 3.63) is 24.3 Å². The van der Waals surface area contributed by atoms with Crippen LogP contribution in [0.5, 0.6) is 0 Å². The maximum absolute atomic E-state index is 11.6. The van der Waals surface area contributed by atoms with Crippen molar-refractivity contribution in [1.82, 2.24) is 5.32 Å². The molecule has 0 saturated carbocycles. The largest absolute Gasteiger partial charge is 0.336 e. The number of nitrogens with zero attached hydrogens (tertiary/aromatic N) is 1. The van der Waals surface area contributed by atoms with Gasteiger partial charge in [-0.05, 0) is 31.2 Å². The van der Waals surface area contributed by atoms with E-state index in [1.165, 1.54) is 0 Å². The first-order valence-corrected chi connectivity index (χ1v) is 6.27. The fraction of sp³-hybridized carbons (Fsp3) is 0.385. The van der Waals surface area contributed by atoms with Crippen LogP contribution in [0.25, 0.3) is 0 Å². The summed E-state index contributed by atoms with van der Waals surface area (Å²) < 4.78 is 0. The fourth-order valence-corrected chi connectivity index (χ4v) is 1.95. The lowest BCUT2D eigenvalue weighted by molar-refractivity contribution is -0.116. The zero-order valence-electron chi connectivity index (χ0n) is 11.3. The maximum Gasteiger partial charge on any atom is 0.321 e. The second-order valence-electron chi connectivity index (χ2n) is 4.66. The first-order chi connectivity index (χ1) is 9.06. The number of benzene rings is 1. The van der Waals surface area contributed by atoms with Crippen molar-refractivity contribution < 1.29 is 9.59 Å². The van der Waals surface area contributed by atoms with Crippen molar-refractivity contribution in [3.63, 3.8) is 0 Å². The van der Waals surface area contributed by atoms with E-state index in [2.05, 4.69) is 10.6 Å². The van der Waals surface area contributed by atoms with Gasteiger partial charge in [-0.3, -0.25) is 9.69 Å². The third-order valence-electron chi connectivity index (χ3n) is 2.83. The molecule has 7 heteroatoms. The van der Waals surface area contributed by atoms with Crippen LogP contribution >= 0.6 is 12.4 Å². The number of nitrogens with one attached hydrogen (secondary N) is 2. The molecule has 1 saturated heterocycles. The van der Waals surface area contributed by atoms with E-state index in [9.17, 15) is 9.59 Å². The first kappa shape index (κ1) is 16.3. The summed E-state index contributed by atoms with van der Waals surface area (Å²) in [5, 5.41) is 5.50. The van der Waals surface area contributed by atoms with Gasteiger partial charge >= 0.3 is 6.03 Å². The Morgan fingerprint density at radius 3 is 2.60 bits per heavy atom. The van der Waals surface area contributed by atoms with E-state index in [4.69, 9.17) is 5.73 Å². The normalized spacial score (nSPS) is 15.3. The summed E-state index contributed by atoms with van der Waals surface area (Å²) in [5.74, 6) is -0.110. The monoisotopic (exact) mass is 298 g/mol. The molecule has 4 N–H and O–H groups in total. The van der Waals surface area contributed by atoms with Gasteiger partial charge in [0.15, 0.2) is 0 Å². The number of rotatable bonds is 4. The molecule has 110 valence electrons. The lowest BCUT2D eigenvalue weighted by atomic mass is 10.2. The quantitative estimate of drug-likeness (QED) is 0.783. The van der Waals surface area contributed by atoms with Crippen molar-refractivity contribution in [1.29, 1.82) is 0 Å². The number of urea groups is 1. The number of hydrogen-bond donors (Lipinski definition) is 3. The van der Waals surface area contributed by atoms with E-state index in [0.717, 1.165) is 5.69 Å². The van der Waals surface area contributed by atoms with Crippen molar-refractivity contribution in [2.75, 3.05) is 23.3 Å². The van der Waals surface area contributed by atoms with Crippen LogP contribution in [-0.2, 0) is 4.79 Å². The molecular formula is C13H19ClN4O2. The summed E-state index contributed by atoms with van der Waals surface area (Å²) in [4.78, 5) is 24.7. The number of amides is 3. The molecule has 1 aromatic rings. The van der Waals surface area contributed by atoms with E-state index in [1.54, 1.807) is 24.0 Å². The SMILES string of the molecule is CC(N)CC(=O)Nc1ccc(N2CCNC2=O)cc1.Cl. The van der Waals surface area contributed by atoms with Crippen LogP contribution in [0.4, 0.5) is 16.2 Å². The van der Waals surface area contributed by atoms with Gasteiger partial charge in [-0.1, -0.05) is 0 Å². The van der Waals surface area contributed by atoms with Gasteiger partial charge in [-0.2, -0.15) is 0 Å². The highest BCUT2D eigenvalue weighted by atomic mass is 35.5. The molecule has 0 aromatic heterocycles. The first-order valence-electron chi connectivity index (χ1n) is 6.27. The third kappa shape index (κ3) is 4.11. The minimum atomic E-state index is -0.160. The van der Waals surface area contributed by atoms with E-state index in [1.807, 2.05) is 12.1 Å². The third-order valence-corrected chi connectivity index (χ3v) is 2.83. The van der Waals surface area contributed by atoms with Gasteiger partial charge in [0.2, 0.25) is 5.91 Å². The number of carbonyl (C=O) groups excluding carboxylic acids is 2. The van der Waals surface area contributed by atoms with Crippen LogP contribution in [0, 0.1) is 0 Å². The Hall–Kier alpha value is -1.79. The molecule has 1 unspecified atom stereocenters. The molecule has 1 fully saturated rings. The zero-order chi connectivity index (χ0) is 13.8. The second-order valence-corrected chi connectivity index (χ2v) is 4.66. The highest BCUT2D eigenvalue weighted by molar-refractivity contribution is 5.95. The van der Waals surface area contributed by atoms with Crippen LogP contribution in [0.3, 0.4) is 0 Å². The topological polar surface area (TPSA) is 87.5 Å². The van der Waals surface area contributed by atoms with Gasteiger partial charge in [0.25, 0.3) is 0 Å². The molecule has 1 aliphatic rings. The molecule has 1 heterocycles. The lowest BCUT2D eigenvalue weighted by Gasteiger charge is -2.15. The van der Waals surface area contributed by atoms with Gasteiger partial charge in [-0.15, -0.1) is 12.4 Å². The Kier molecular flexibility index (Phi) is 5.79. The molecule has 1 aromatic carbocycles. The smallest absolute Gasteiger partial charge is 0.321 e. The predicted octanol–water partition coefficient (Wildman–Crippen LogP) is 1.31. The van der Waals surface area contributed by atoms with Crippen LogP contribution in [0.2, 0.25) is 0 Å². The maximum atomic E-state index is 11.6. The second kappa shape index (κ2) is 7.12. The van der Waals surface area contributed by atoms with Gasteiger partial charge < -0.3 is 16.4 Å². The Morgan fingerprint density at radius 2 is 2.10 bits per heavy atom. The van der Waals surface area contributed by atoms with E-state index < -0.39 is 0 Å². The van der Waals surface area contributed by atoms with Gasteiger partial charge in [0.1, 0.15) is 0 Å².